The van der Waals surface area contributed by atoms with Gasteiger partial charge in [-0.3, -0.25) is 9.78 Å². The number of carbonyl (C=O) groups is 1. The Morgan fingerprint density at radius 2 is 2.12 bits per heavy atom. The van der Waals surface area contributed by atoms with E-state index in [4.69, 9.17) is 11.6 Å². The van der Waals surface area contributed by atoms with Crippen molar-refractivity contribution >= 4 is 23.2 Å². The van der Waals surface area contributed by atoms with Gasteiger partial charge in [0.25, 0.3) is 5.91 Å². The van der Waals surface area contributed by atoms with Crippen LogP contribution in [0.2, 0.25) is 5.15 Å². The lowest BCUT2D eigenvalue weighted by Gasteiger charge is -2.05. The van der Waals surface area contributed by atoms with Crippen LogP contribution >= 0.6 is 11.6 Å². The summed E-state index contributed by atoms with van der Waals surface area (Å²) in [7, 11) is 0. The number of nitrogens with zero attached hydrogens (tertiary/aromatic N) is 2. The van der Waals surface area contributed by atoms with Crippen molar-refractivity contribution in [2.24, 2.45) is 0 Å². The third kappa shape index (κ3) is 3.01. The number of halogens is 1. The number of rotatable bonds is 2. The summed E-state index contributed by atoms with van der Waals surface area (Å²) in [6.07, 6.45) is 3.08. The molecular weight excluding hydrogens is 238 g/mol. The van der Waals surface area contributed by atoms with Crippen LogP contribution in [0.25, 0.3) is 0 Å². The van der Waals surface area contributed by atoms with Crippen molar-refractivity contribution in [1.29, 1.82) is 0 Å². The fourth-order valence-electron chi connectivity index (χ4n) is 1.34. The maximum absolute atomic E-state index is 11.8. The quantitative estimate of drug-likeness (QED) is 0.830. The van der Waals surface area contributed by atoms with Crippen LogP contribution in [0.3, 0.4) is 0 Å². The van der Waals surface area contributed by atoms with Gasteiger partial charge in [0.1, 0.15) is 5.15 Å². The second kappa shape index (κ2) is 4.93. The Balaban J connectivity index is 2.14. The summed E-state index contributed by atoms with van der Waals surface area (Å²) in [4.78, 5) is 19.7. The molecule has 0 saturated heterocycles. The van der Waals surface area contributed by atoms with Gasteiger partial charge >= 0.3 is 0 Å². The van der Waals surface area contributed by atoms with E-state index in [1.165, 1.54) is 6.20 Å². The van der Waals surface area contributed by atoms with Crippen molar-refractivity contribution in [2.75, 3.05) is 5.32 Å². The second-order valence-electron chi connectivity index (χ2n) is 3.51. The van der Waals surface area contributed by atoms with Gasteiger partial charge in [-0.1, -0.05) is 11.6 Å². The van der Waals surface area contributed by atoms with Crippen molar-refractivity contribution in [3.63, 3.8) is 0 Å². The zero-order valence-electron chi connectivity index (χ0n) is 9.14. The lowest BCUT2D eigenvalue weighted by Crippen LogP contribution is -2.12. The largest absolute Gasteiger partial charge is 0.322 e. The summed E-state index contributed by atoms with van der Waals surface area (Å²) in [6, 6.07) is 6.72. The molecule has 0 aliphatic rings. The SMILES string of the molecule is Cc1cc(NC(=O)c2ccc(Cl)nc2)ccn1. The lowest BCUT2D eigenvalue weighted by molar-refractivity contribution is 0.102. The molecule has 2 heterocycles. The summed E-state index contributed by atoms with van der Waals surface area (Å²) in [5.41, 5.74) is 2.01. The number of nitrogens with one attached hydrogen (secondary N) is 1. The van der Waals surface area contributed by atoms with E-state index in [1.54, 1.807) is 30.5 Å². The Bertz CT molecular complexity index is 540. The number of hydrogen-bond donors (Lipinski definition) is 1. The van der Waals surface area contributed by atoms with Crippen LogP contribution in [0.1, 0.15) is 16.1 Å². The van der Waals surface area contributed by atoms with Gasteiger partial charge in [0, 0.05) is 23.8 Å². The first-order chi connectivity index (χ1) is 8.15. The van der Waals surface area contributed by atoms with Gasteiger partial charge in [0.15, 0.2) is 0 Å². The van der Waals surface area contributed by atoms with E-state index in [0.717, 1.165) is 5.69 Å². The molecule has 5 heteroatoms. The fraction of sp³-hybridized carbons (Fsp3) is 0.0833. The number of carbonyl (C=O) groups excluding carboxylic acids is 1. The molecule has 2 rings (SSSR count). The highest BCUT2D eigenvalue weighted by atomic mass is 35.5. The van der Waals surface area contributed by atoms with Gasteiger partial charge in [-0.05, 0) is 31.2 Å². The van der Waals surface area contributed by atoms with E-state index in [1.807, 2.05) is 6.92 Å². The van der Waals surface area contributed by atoms with Gasteiger partial charge in [0.05, 0.1) is 5.56 Å². The summed E-state index contributed by atoms with van der Waals surface area (Å²) < 4.78 is 0. The monoisotopic (exact) mass is 247 g/mol. The normalized spacial score (nSPS) is 10.0. The molecule has 0 fully saturated rings. The van der Waals surface area contributed by atoms with Crippen LogP contribution in [-0.4, -0.2) is 15.9 Å². The molecule has 17 heavy (non-hydrogen) atoms. The highest BCUT2D eigenvalue weighted by Gasteiger charge is 2.06. The molecule has 0 aliphatic heterocycles. The van der Waals surface area contributed by atoms with Crippen molar-refractivity contribution in [1.82, 2.24) is 9.97 Å². The Morgan fingerprint density at radius 3 is 2.76 bits per heavy atom. The van der Waals surface area contributed by atoms with Crippen LogP contribution in [0.15, 0.2) is 36.7 Å². The first-order valence-electron chi connectivity index (χ1n) is 5.01. The molecule has 1 amide bonds. The molecule has 0 spiro atoms. The standard InChI is InChI=1S/C12H10ClN3O/c1-8-6-10(4-5-14-8)16-12(17)9-2-3-11(13)15-7-9/h2-7H,1H3,(H,14,16,17). The lowest BCUT2D eigenvalue weighted by atomic mass is 10.2. The Kier molecular flexibility index (Phi) is 3.35. The molecule has 2 aromatic heterocycles. The summed E-state index contributed by atoms with van der Waals surface area (Å²) in [6.45, 7) is 1.86. The molecule has 1 N–H and O–H groups in total. The van der Waals surface area contributed by atoms with Gasteiger partial charge in [-0.25, -0.2) is 4.98 Å². The third-order valence-electron chi connectivity index (χ3n) is 2.14. The van der Waals surface area contributed by atoms with Crippen molar-refractivity contribution in [2.45, 2.75) is 6.92 Å². The Labute approximate surface area is 104 Å². The zero-order valence-corrected chi connectivity index (χ0v) is 9.90. The van der Waals surface area contributed by atoms with E-state index in [0.29, 0.717) is 16.4 Å². The van der Waals surface area contributed by atoms with Crippen molar-refractivity contribution < 1.29 is 4.79 Å². The first kappa shape index (κ1) is 11.5. The van der Waals surface area contributed by atoms with Gasteiger partial charge in [0.2, 0.25) is 0 Å². The Morgan fingerprint density at radius 1 is 1.29 bits per heavy atom. The minimum atomic E-state index is -0.222. The van der Waals surface area contributed by atoms with Gasteiger partial charge in [-0.15, -0.1) is 0 Å². The topological polar surface area (TPSA) is 54.9 Å². The number of anilines is 1. The van der Waals surface area contributed by atoms with E-state index in [2.05, 4.69) is 15.3 Å². The molecule has 0 aromatic carbocycles. The summed E-state index contributed by atoms with van der Waals surface area (Å²) in [5, 5.41) is 3.12. The van der Waals surface area contributed by atoms with E-state index < -0.39 is 0 Å². The smallest absolute Gasteiger partial charge is 0.257 e. The van der Waals surface area contributed by atoms with Gasteiger partial charge in [-0.2, -0.15) is 0 Å². The van der Waals surface area contributed by atoms with Crippen LogP contribution in [0, 0.1) is 6.92 Å². The highest BCUT2D eigenvalue weighted by molar-refractivity contribution is 6.29. The van der Waals surface area contributed by atoms with Crippen molar-refractivity contribution in [3.8, 4) is 0 Å². The molecule has 0 radical (unpaired) electrons. The van der Waals surface area contributed by atoms with Crippen LogP contribution < -0.4 is 5.32 Å². The molecule has 0 bridgehead atoms. The molecule has 0 aliphatic carbocycles. The fourth-order valence-corrected chi connectivity index (χ4v) is 1.45. The summed E-state index contributed by atoms with van der Waals surface area (Å²) >= 11 is 5.65. The van der Waals surface area contributed by atoms with Crippen LogP contribution in [-0.2, 0) is 0 Å². The minimum absolute atomic E-state index is 0.222. The van der Waals surface area contributed by atoms with E-state index in [-0.39, 0.29) is 5.91 Å². The molecule has 0 atom stereocenters. The maximum Gasteiger partial charge on any atom is 0.257 e. The first-order valence-corrected chi connectivity index (χ1v) is 5.38. The number of aryl methyl sites for hydroxylation is 1. The van der Waals surface area contributed by atoms with Crippen molar-refractivity contribution in [3.05, 3.63) is 53.1 Å². The minimum Gasteiger partial charge on any atom is -0.322 e. The molecule has 0 saturated carbocycles. The third-order valence-corrected chi connectivity index (χ3v) is 2.37. The molecule has 4 nitrogen and oxygen atoms in total. The molecular formula is C12H10ClN3O. The highest BCUT2D eigenvalue weighted by Crippen LogP contribution is 2.10. The number of hydrogen-bond acceptors (Lipinski definition) is 3. The van der Waals surface area contributed by atoms with E-state index >= 15 is 0 Å². The molecule has 2 aromatic rings. The Hall–Kier alpha value is -1.94. The number of pyridine rings is 2. The van der Waals surface area contributed by atoms with Crippen LogP contribution in [0.4, 0.5) is 5.69 Å². The summed E-state index contributed by atoms with van der Waals surface area (Å²) in [5.74, 6) is -0.222. The molecule has 0 unspecified atom stereocenters. The average Bonchev–Trinajstić information content (AvgIpc) is 2.29. The van der Waals surface area contributed by atoms with Gasteiger partial charge < -0.3 is 5.32 Å². The van der Waals surface area contributed by atoms with E-state index in [9.17, 15) is 4.79 Å². The van der Waals surface area contributed by atoms with Crippen LogP contribution in [0.5, 0.6) is 0 Å². The molecule has 86 valence electrons. The predicted octanol–water partition coefficient (Wildman–Crippen LogP) is 2.69. The average molecular weight is 248 g/mol. The second-order valence-corrected chi connectivity index (χ2v) is 3.90. The predicted molar refractivity (Wildman–Crippen MR) is 66.2 cm³/mol. The zero-order chi connectivity index (χ0) is 12.3. The number of aromatic nitrogens is 2. The number of amides is 1. The maximum atomic E-state index is 11.8.